The van der Waals surface area contributed by atoms with Crippen molar-refractivity contribution in [1.29, 1.82) is 5.26 Å². The van der Waals surface area contributed by atoms with Gasteiger partial charge < -0.3 is 0 Å². The molecule has 0 fully saturated rings. The first kappa shape index (κ1) is 17.1. The number of hydrogen-bond acceptors (Lipinski definition) is 7. The second-order valence-corrected chi connectivity index (χ2v) is 8.45. The van der Waals surface area contributed by atoms with Crippen LogP contribution < -0.4 is 5.56 Å². The maximum Gasteiger partial charge on any atom is 0.267 e. The molecule has 4 aromatic rings. The van der Waals surface area contributed by atoms with Gasteiger partial charge in [-0.25, -0.2) is 4.98 Å². The number of aryl methyl sites for hydroxylation is 2. The van der Waals surface area contributed by atoms with E-state index in [4.69, 9.17) is 10.2 Å². The van der Waals surface area contributed by atoms with Gasteiger partial charge in [0.05, 0.1) is 11.1 Å². The van der Waals surface area contributed by atoms with E-state index in [-0.39, 0.29) is 11.3 Å². The molecule has 0 spiro atoms. The molecule has 0 aliphatic heterocycles. The summed E-state index contributed by atoms with van der Waals surface area (Å²) < 4.78 is 1.65. The maximum absolute atomic E-state index is 13.5. The summed E-state index contributed by atoms with van der Waals surface area (Å²) in [5.41, 5.74) is 2.14. The Morgan fingerprint density at radius 3 is 2.71 bits per heavy atom. The van der Waals surface area contributed by atoms with Crippen LogP contribution in [0.1, 0.15) is 22.6 Å². The molecule has 3 heterocycles. The maximum atomic E-state index is 13.5. The van der Waals surface area contributed by atoms with Crippen LogP contribution in [0.5, 0.6) is 0 Å². The SMILES string of the molecule is N#Cc1ccc(Sc2nc3sc4c(c3c(=O)n2-c2ccccc2)CCC4)nn1. The van der Waals surface area contributed by atoms with Gasteiger partial charge in [0.1, 0.15) is 15.9 Å². The molecular weight excluding hydrogens is 390 g/mol. The minimum Gasteiger partial charge on any atom is -0.268 e. The summed E-state index contributed by atoms with van der Waals surface area (Å²) in [4.78, 5) is 20.4. The molecule has 0 radical (unpaired) electrons. The zero-order valence-electron chi connectivity index (χ0n) is 14.6. The van der Waals surface area contributed by atoms with E-state index in [2.05, 4.69) is 10.2 Å². The Morgan fingerprint density at radius 2 is 1.96 bits per heavy atom. The van der Waals surface area contributed by atoms with Crippen LogP contribution in [0.2, 0.25) is 0 Å². The summed E-state index contributed by atoms with van der Waals surface area (Å²) >= 11 is 2.89. The largest absolute Gasteiger partial charge is 0.268 e. The summed E-state index contributed by atoms with van der Waals surface area (Å²) in [5.74, 6) is 0. The fourth-order valence-electron chi connectivity index (χ4n) is 3.43. The van der Waals surface area contributed by atoms with E-state index in [9.17, 15) is 4.79 Å². The highest BCUT2D eigenvalue weighted by molar-refractivity contribution is 7.99. The van der Waals surface area contributed by atoms with E-state index in [0.717, 1.165) is 40.7 Å². The van der Waals surface area contributed by atoms with E-state index in [0.29, 0.717) is 10.2 Å². The average Bonchev–Trinajstić information content (AvgIpc) is 3.30. The van der Waals surface area contributed by atoms with Gasteiger partial charge in [0.15, 0.2) is 10.9 Å². The summed E-state index contributed by atoms with van der Waals surface area (Å²) in [6.45, 7) is 0. The molecule has 0 amide bonds. The third-order valence-electron chi connectivity index (χ3n) is 4.67. The number of hydrogen-bond donors (Lipinski definition) is 0. The quantitative estimate of drug-likeness (QED) is 0.485. The van der Waals surface area contributed by atoms with Crippen LogP contribution in [0.25, 0.3) is 15.9 Å². The Balaban J connectivity index is 1.72. The minimum atomic E-state index is -0.0419. The Hall–Kier alpha value is -3.02. The molecule has 0 atom stereocenters. The van der Waals surface area contributed by atoms with Crippen LogP contribution in [-0.4, -0.2) is 19.7 Å². The number of para-hydroxylation sites is 1. The lowest BCUT2D eigenvalue weighted by atomic mass is 10.2. The van der Waals surface area contributed by atoms with Crippen molar-refractivity contribution in [3.8, 4) is 11.8 Å². The molecule has 0 N–H and O–H groups in total. The summed E-state index contributed by atoms with van der Waals surface area (Å²) in [7, 11) is 0. The Labute approximate surface area is 168 Å². The van der Waals surface area contributed by atoms with Gasteiger partial charge in [-0.2, -0.15) is 5.26 Å². The number of benzene rings is 1. The van der Waals surface area contributed by atoms with Crippen LogP contribution in [0.4, 0.5) is 0 Å². The van der Waals surface area contributed by atoms with Crippen molar-refractivity contribution in [1.82, 2.24) is 19.7 Å². The van der Waals surface area contributed by atoms with Gasteiger partial charge in [-0.05, 0) is 60.9 Å². The van der Waals surface area contributed by atoms with Crippen molar-refractivity contribution < 1.29 is 0 Å². The lowest BCUT2D eigenvalue weighted by Gasteiger charge is -2.12. The minimum absolute atomic E-state index is 0.0419. The van der Waals surface area contributed by atoms with Crippen LogP contribution >= 0.6 is 23.1 Å². The van der Waals surface area contributed by atoms with Gasteiger partial charge in [0, 0.05) is 4.88 Å². The Kier molecular flexibility index (Phi) is 4.19. The van der Waals surface area contributed by atoms with Crippen molar-refractivity contribution in [2.75, 3.05) is 0 Å². The van der Waals surface area contributed by atoms with Crippen LogP contribution in [0.3, 0.4) is 0 Å². The fourth-order valence-corrected chi connectivity index (χ4v) is 5.56. The molecule has 6 nitrogen and oxygen atoms in total. The number of rotatable bonds is 3. The van der Waals surface area contributed by atoms with Crippen LogP contribution in [-0.2, 0) is 12.8 Å². The van der Waals surface area contributed by atoms with Gasteiger partial charge >= 0.3 is 0 Å². The number of thiophene rings is 1. The molecule has 28 heavy (non-hydrogen) atoms. The molecule has 136 valence electrons. The first-order chi connectivity index (χ1) is 13.7. The molecule has 5 rings (SSSR count). The molecular formula is C20H13N5OS2. The molecule has 1 aromatic carbocycles. The van der Waals surface area contributed by atoms with Crippen LogP contribution in [0.15, 0.2) is 57.4 Å². The van der Waals surface area contributed by atoms with Gasteiger partial charge in [-0.3, -0.25) is 9.36 Å². The molecule has 0 bridgehead atoms. The zero-order chi connectivity index (χ0) is 19.1. The van der Waals surface area contributed by atoms with Crippen molar-refractivity contribution in [3.05, 3.63) is 69.0 Å². The fraction of sp³-hybridized carbons (Fsp3) is 0.150. The normalized spacial score (nSPS) is 12.8. The van der Waals surface area contributed by atoms with E-state index in [1.54, 1.807) is 28.0 Å². The molecule has 3 aromatic heterocycles. The number of fused-ring (bicyclic) bond motifs is 3. The van der Waals surface area contributed by atoms with Gasteiger partial charge in [0.25, 0.3) is 5.56 Å². The van der Waals surface area contributed by atoms with Gasteiger partial charge in [-0.15, -0.1) is 21.5 Å². The topological polar surface area (TPSA) is 84.5 Å². The van der Waals surface area contributed by atoms with Gasteiger partial charge in [-0.1, -0.05) is 18.2 Å². The smallest absolute Gasteiger partial charge is 0.267 e. The highest BCUT2D eigenvalue weighted by Gasteiger charge is 2.24. The third-order valence-corrected chi connectivity index (χ3v) is 6.74. The van der Waals surface area contributed by atoms with Crippen LogP contribution in [0, 0.1) is 11.3 Å². The Morgan fingerprint density at radius 1 is 1.11 bits per heavy atom. The number of nitriles is 1. The third kappa shape index (κ3) is 2.80. The van der Waals surface area contributed by atoms with Gasteiger partial charge in [0.2, 0.25) is 0 Å². The van der Waals surface area contributed by atoms with Crippen molar-refractivity contribution in [2.24, 2.45) is 0 Å². The highest BCUT2D eigenvalue weighted by Crippen LogP contribution is 2.36. The second-order valence-electron chi connectivity index (χ2n) is 6.38. The number of nitrogens with zero attached hydrogens (tertiary/aromatic N) is 5. The molecule has 1 aliphatic rings. The highest BCUT2D eigenvalue weighted by atomic mass is 32.2. The predicted octanol–water partition coefficient (Wildman–Crippen LogP) is 3.75. The predicted molar refractivity (Wildman–Crippen MR) is 108 cm³/mol. The van der Waals surface area contributed by atoms with Crippen molar-refractivity contribution in [2.45, 2.75) is 29.4 Å². The lowest BCUT2D eigenvalue weighted by Crippen LogP contribution is -2.21. The van der Waals surface area contributed by atoms with E-state index in [1.165, 1.54) is 16.6 Å². The summed E-state index contributed by atoms with van der Waals surface area (Å²) in [5, 5.41) is 18.7. The van der Waals surface area contributed by atoms with Crippen molar-refractivity contribution >= 4 is 33.3 Å². The molecule has 0 saturated carbocycles. The molecule has 0 unspecified atom stereocenters. The van der Waals surface area contributed by atoms with E-state index in [1.807, 2.05) is 36.4 Å². The van der Waals surface area contributed by atoms with Crippen molar-refractivity contribution in [3.63, 3.8) is 0 Å². The standard InChI is InChI=1S/C20H13N5OS2/c21-11-12-9-10-16(24-23-12)28-20-22-18-17(14-7-4-8-15(14)27-18)19(26)25(20)13-5-2-1-3-6-13/h1-3,5-6,9-10H,4,7-8H2. The molecule has 8 heteroatoms. The first-order valence-corrected chi connectivity index (χ1v) is 10.4. The molecule has 1 aliphatic carbocycles. The zero-order valence-corrected chi connectivity index (χ0v) is 16.3. The summed E-state index contributed by atoms with van der Waals surface area (Å²) in [6, 6.07) is 14.8. The number of aromatic nitrogens is 4. The average molecular weight is 403 g/mol. The second kappa shape index (κ2) is 6.86. The Bertz CT molecular complexity index is 1290. The first-order valence-electron chi connectivity index (χ1n) is 8.79. The van der Waals surface area contributed by atoms with E-state index >= 15 is 0 Å². The molecule has 0 saturated heterocycles. The van der Waals surface area contributed by atoms with E-state index < -0.39 is 0 Å². The lowest BCUT2D eigenvalue weighted by molar-refractivity contribution is 0.814. The summed E-state index contributed by atoms with van der Waals surface area (Å²) in [6.07, 6.45) is 3.05. The monoisotopic (exact) mass is 403 g/mol.